The number of benzene rings is 1. The molecule has 130 valence electrons. The molecule has 0 radical (unpaired) electrons. The van der Waals surface area contributed by atoms with Gasteiger partial charge in [0.25, 0.3) is 5.91 Å². The van der Waals surface area contributed by atoms with Crippen molar-refractivity contribution in [1.29, 1.82) is 0 Å². The Morgan fingerprint density at radius 2 is 2.12 bits per heavy atom. The Morgan fingerprint density at radius 3 is 2.88 bits per heavy atom. The number of carbonyl (C=O) groups excluding carboxylic acids is 1. The summed E-state index contributed by atoms with van der Waals surface area (Å²) in [6, 6.07) is 10.4. The summed E-state index contributed by atoms with van der Waals surface area (Å²) in [7, 11) is 0. The van der Waals surface area contributed by atoms with Gasteiger partial charge in [0.1, 0.15) is 12.4 Å². The third-order valence-electron chi connectivity index (χ3n) is 4.16. The molecule has 7 nitrogen and oxygen atoms in total. The van der Waals surface area contributed by atoms with Gasteiger partial charge in [0, 0.05) is 18.1 Å². The SMILES string of the molecule is CC1=C(C(=O)Nc2ccccc2Cl)C(c2cccnc2)n2ncnc2N1. The summed E-state index contributed by atoms with van der Waals surface area (Å²) in [6.45, 7) is 1.84. The van der Waals surface area contributed by atoms with Crippen molar-refractivity contribution < 1.29 is 4.79 Å². The number of anilines is 2. The van der Waals surface area contributed by atoms with E-state index in [4.69, 9.17) is 11.6 Å². The van der Waals surface area contributed by atoms with Crippen LogP contribution in [0.5, 0.6) is 0 Å². The molecule has 8 heteroatoms. The van der Waals surface area contributed by atoms with Crippen LogP contribution in [0.1, 0.15) is 18.5 Å². The first-order valence-electron chi connectivity index (χ1n) is 7.98. The van der Waals surface area contributed by atoms with E-state index in [1.54, 1.807) is 29.2 Å². The third-order valence-corrected chi connectivity index (χ3v) is 4.49. The maximum Gasteiger partial charge on any atom is 0.255 e. The Labute approximate surface area is 154 Å². The highest BCUT2D eigenvalue weighted by molar-refractivity contribution is 6.33. The maximum absolute atomic E-state index is 13.1. The zero-order chi connectivity index (χ0) is 18.1. The predicted octanol–water partition coefficient (Wildman–Crippen LogP) is 3.25. The van der Waals surface area contributed by atoms with Gasteiger partial charge in [0.15, 0.2) is 0 Å². The summed E-state index contributed by atoms with van der Waals surface area (Å²) in [5, 5.41) is 10.8. The average Bonchev–Trinajstić information content (AvgIpc) is 3.11. The monoisotopic (exact) mass is 366 g/mol. The van der Waals surface area contributed by atoms with Crippen molar-refractivity contribution in [3.63, 3.8) is 0 Å². The molecule has 0 aliphatic carbocycles. The van der Waals surface area contributed by atoms with E-state index in [0.717, 1.165) is 5.56 Å². The number of nitrogens with zero attached hydrogens (tertiary/aromatic N) is 4. The van der Waals surface area contributed by atoms with Gasteiger partial charge in [-0.05, 0) is 30.7 Å². The van der Waals surface area contributed by atoms with Gasteiger partial charge in [0.2, 0.25) is 5.95 Å². The number of rotatable bonds is 3. The number of allylic oxidation sites excluding steroid dienone is 1. The van der Waals surface area contributed by atoms with Crippen LogP contribution in [-0.4, -0.2) is 25.7 Å². The molecule has 0 saturated carbocycles. The van der Waals surface area contributed by atoms with Crippen LogP contribution in [-0.2, 0) is 4.79 Å². The van der Waals surface area contributed by atoms with Crippen LogP contribution < -0.4 is 10.6 Å². The van der Waals surface area contributed by atoms with E-state index in [0.29, 0.717) is 27.9 Å². The van der Waals surface area contributed by atoms with Crippen molar-refractivity contribution in [2.24, 2.45) is 0 Å². The van der Waals surface area contributed by atoms with Gasteiger partial charge >= 0.3 is 0 Å². The molecule has 0 saturated heterocycles. The number of halogens is 1. The minimum atomic E-state index is -0.440. The topological polar surface area (TPSA) is 84.7 Å². The highest BCUT2D eigenvalue weighted by atomic mass is 35.5. The van der Waals surface area contributed by atoms with E-state index in [1.807, 2.05) is 31.2 Å². The van der Waals surface area contributed by atoms with Crippen LogP contribution in [0.2, 0.25) is 5.02 Å². The first-order valence-corrected chi connectivity index (χ1v) is 8.36. The Kier molecular flexibility index (Phi) is 4.14. The maximum atomic E-state index is 13.1. The van der Waals surface area contributed by atoms with Crippen molar-refractivity contribution in [2.45, 2.75) is 13.0 Å². The highest BCUT2D eigenvalue weighted by Crippen LogP contribution is 2.35. The molecule has 2 N–H and O–H groups in total. The van der Waals surface area contributed by atoms with Crippen molar-refractivity contribution in [3.8, 4) is 0 Å². The molecule has 0 bridgehead atoms. The number of carbonyl (C=O) groups is 1. The lowest BCUT2D eigenvalue weighted by molar-refractivity contribution is -0.113. The van der Waals surface area contributed by atoms with Gasteiger partial charge in [-0.3, -0.25) is 9.78 Å². The first-order chi connectivity index (χ1) is 12.6. The second-order valence-corrected chi connectivity index (χ2v) is 6.22. The standard InChI is InChI=1S/C18H15ClN6O/c1-11-15(17(26)24-14-7-3-2-6-13(14)19)16(12-5-4-8-20-9-12)25-18(23-11)21-10-22-25/h2-10,16H,1H3,(H,24,26)(H,21,22,23). The van der Waals surface area contributed by atoms with Crippen LogP contribution in [0.25, 0.3) is 0 Å². The smallest absolute Gasteiger partial charge is 0.255 e. The van der Waals surface area contributed by atoms with Crippen molar-refractivity contribution in [3.05, 3.63) is 77.0 Å². The largest absolute Gasteiger partial charge is 0.328 e. The molecule has 3 aromatic rings. The first kappa shape index (κ1) is 16.3. The molecular weight excluding hydrogens is 352 g/mol. The number of nitrogens with one attached hydrogen (secondary N) is 2. The molecule has 1 unspecified atom stereocenters. The number of amides is 1. The Morgan fingerprint density at radius 1 is 1.27 bits per heavy atom. The lowest BCUT2D eigenvalue weighted by Gasteiger charge is -2.28. The Hall–Kier alpha value is -3.19. The quantitative estimate of drug-likeness (QED) is 0.743. The second-order valence-electron chi connectivity index (χ2n) is 5.81. The summed E-state index contributed by atoms with van der Waals surface area (Å²) < 4.78 is 1.67. The molecule has 1 amide bonds. The number of aromatic nitrogens is 4. The number of hydrogen-bond donors (Lipinski definition) is 2. The molecule has 1 aliphatic heterocycles. The highest BCUT2D eigenvalue weighted by Gasteiger charge is 2.33. The molecule has 1 atom stereocenters. The fraction of sp³-hybridized carbons (Fsp3) is 0.111. The van der Waals surface area contributed by atoms with Gasteiger partial charge in [-0.25, -0.2) is 4.68 Å². The van der Waals surface area contributed by atoms with Gasteiger partial charge in [-0.1, -0.05) is 29.8 Å². The minimum Gasteiger partial charge on any atom is -0.328 e. The number of fused-ring (bicyclic) bond motifs is 1. The molecule has 4 rings (SSSR count). The van der Waals surface area contributed by atoms with Gasteiger partial charge in [-0.15, -0.1) is 0 Å². The third kappa shape index (κ3) is 2.82. The van der Waals surface area contributed by atoms with E-state index >= 15 is 0 Å². The number of hydrogen-bond acceptors (Lipinski definition) is 5. The van der Waals surface area contributed by atoms with Crippen LogP contribution in [0.3, 0.4) is 0 Å². The van der Waals surface area contributed by atoms with Crippen LogP contribution in [0.4, 0.5) is 11.6 Å². The molecular formula is C18H15ClN6O. The Balaban J connectivity index is 1.77. The predicted molar refractivity (Wildman–Crippen MR) is 98.8 cm³/mol. The van der Waals surface area contributed by atoms with E-state index < -0.39 is 6.04 Å². The van der Waals surface area contributed by atoms with E-state index in [1.165, 1.54) is 6.33 Å². The summed E-state index contributed by atoms with van der Waals surface area (Å²) in [5.41, 5.74) is 2.61. The fourth-order valence-corrected chi connectivity index (χ4v) is 3.17. The molecule has 0 spiro atoms. The Bertz CT molecular complexity index is 998. The lowest BCUT2D eigenvalue weighted by atomic mass is 9.96. The minimum absolute atomic E-state index is 0.266. The average molecular weight is 367 g/mol. The number of para-hydroxylation sites is 1. The second kappa shape index (κ2) is 6.61. The molecule has 26 heavy (non-hydrogen) atoms. The van der Waals surface area contributed by atoms with Gasteiger partial charge in [-0.2, -0.15) is 10.1 Å². The number of pyridine rings is 1. The van der Waals surface area contributed by atoms with Crippen molar-refractivity contribution >= 4 is 29.1 Å². The molecule has 0 fully saturated rings. The van der Waals surface area contributed by atoms with Gasteiger partial charge < -0.3 is 10.6 Å². The summed E-state index contributed by atoms with van der Waals surface area (Å²) in [6.07, 6.45) is 4.86. The normalized spacial score (nSPS) is 16.0. The van der Waals surface area contributed by atoms with Crippen molar-refractivity contribution in [2.75, 3.05) is 10.6 Å². The van der Waals surface area contributed by atoms with E-state index in [2.05, 4.69) is 25.7 Å². The lowest BCUT2D eigenvalue weighted by Crippen LogP contribution is -2.31. The van der Waals surface area contributed by atoms with Crippen LogP contribution in [0, 0.1) is 0 Å². The van der Waals surface area contributed by atoms with Crippen LogP contribution >= 0.6 is 11.6 Å². The fourth-order valence-electron chi connectivity index (χ4n) is 2.98. The van der Waals surface area contributed by atoms with E-state index in [-0.39, 0.29) is 5.91 Å². The van der Waals surface area contributed by atoms with E-state index in [9.17, 15) is 4.79 Å². The van der Waals surface area contributed by atoms with Gasteiger partial charge in [0.05, 0.1) is 16.3 Å². The summed E-state index contributed by atoms with van der Waals surface area (Å²) in [4.78, 5) is 21.5. The zero-order valence-electron chi connectivity index (χ0n) is 13.8. The summed E-state index contributed by atoms with van der Waals surface area (Å²) >= 11 is 6.18. The summed E-state index contributed by atoms with van der Waals surface area (Å²) in [5.74, 6) is 0.309. The zero-order valence-corrected chi connectivity index (χ0v) is 14.6. The molecule has 2 aromatic heterocycles. The van der Waals surface area contributed by atoms with Crippen LogP contribution in [0.15, 0.2) is 66.4 Å². The molecule has 1 aromatic carbocycles. The molecule has 1 aliphatic rings. The van der Waals surface area contributed by atoms with Crippen molar-refractivity contribution in [1.82, 2.24) is 19.7 Å². The molecule has 3 heterocycles.